The average Bonchev–Trinajstić information content (AvgIpc) is 3.33. The fourth-order valence-corrected chi connectivity index (χ4v) is 5.62. The molecule has 1 saturated heterocycles. The number of alkyl halides is 2. The molecule has 1 saturated carbocycles. The Morgan fingerprint density at radius 3 is 2.29 bits per heavy atom. The smallest absolute Gasteiger partial charge is 0.314 e. The molecule has 10 heteroatoms. The summed E-state index contributed by atoms with van der Waals surface area (Å²) >= 11 is -1.34. The molecule has 2 heterocycles. The monoisotopic (exact) mass is 487 g/mol. The van der Waals surface area contributed by atoms with Crippen molar-refractivity contribution in [3.05, 3.63) is 66.1 Å². The van der Waals surface area contributed by atoms with Crippen LogP contribution in [0, 0.1) is 0 Å². The topological polar surface area (TPSA) is 65.7 Å². The van der Waals surface area contributed by atoms with Crippen LogP contribution in [-0.4, -0.2) is 55.8 Å². The predicted molar refractivity (Wildman–Crippen MR) is 126 cm³/mol. The summed E-state index contributed by atoms with van der Waals surface area (Å²) in [5.74, 6) is -0.642. The molecule has 0 amide bonds. The summed E-state index contributed by atoms with van der Waals surface area (Å²) in [6.07, 6.45) is 1.08. The van der Waals surface area contributed by atoms with E-state index in [9.17, 15) is 13.0 Å². The van der Waals surface area contributed by atoms with Gasteiger partial charge in [-0.2, -0.15) is 8.78 Å². The van der Waals surface area contributed by atoms with Crippen LogP contribution in [-0.2, 0) is 17.7 Å². The second-order valence-electron chi connectivity index (χ2n) is 8.60. The van der Waals surface area contributed by atoms with Crippen LogP contribution in [0.15, 0.2) is 59.0 Å². The molecule has 34 heavy (non-hydrogen) atoms. The number of aromatic nitrogens is 2. The lowest BCUT2D eigenvalue weighted by Crippen LogP contribution is -2.54. The summed E-state index contributed by atoms with van der Waals surface area (Å²) in [6.45, 7) is 3.87. The Morgan fingerprint density at radius 2 is 1.71 bits per heavy atom. The van der Waals surface area contributed by atoms with E-state index in [0.717, 1.165) is 37.4 Å². The number of piperazine rings is 1. The number of benzene rings is 2. The van der Waals surface area contributed by atoms with Crippen molar-refractivity contribution in [1.82, 2.24) is 19.4 Å². The summed E-state index contributed by atoms with van der Waals surface area (Å²) in [5.41, 5.74) is 2.37. The van der Waals surface area contributed by atoms with Crippen molar-refractivity contribution in [2.45, 2.75) is 38.3 Å². The first-order valence-electron chi connectivity index (χ1n) is 11.5. The zero-order valence-corrected chi connectivity index (χ0v) is 19.5. The highest BCUT2D eigenvalue weighted by atomic mass is 32.2. The van der Waals surface area contributed by atoms with Crippen molar-refractivity contribution < 1.29 is 17.4 Å². The Kier molecular flexibility index (Phi) is 6.98. The molecule has 1 unspecified atom stereocenters. The Hall–Kier alpha value is -2.69. The molecule has 0 bridgehead atoms. The van der Waals surface area contributed by atoms with Crippen molar-refractivity contribution >= 4 is 16.9 Å². The highest BCUT2D eigenvalue weighted by Crippen LogP contribution is 2.28. The first kappa shape index (κ1) is 23.1. The second-order valence-corrected chi connectivity index (χ2v) is 10.0. The molecule has 2 fully saturated rings. The quantitative estimate of drug-likeness (QED) is 0.470. The van der Waals surface area contributed by atoms with Gasteiger partial charge in [-0.1, -0.05) is 36.8 Å². The SMILES string of the molecule is O=S(N1CCN(C2CCC2)CC1)N(Cc1ccc(-c2nnc(C(F)F)o2)cc1)c1ccccc1. The van der Waals surface area contributed by atoms with Crippen molar-refractivity contribution in [3.63, 3.8) is 0 Å². The van der Waals surface area contributed by atoms with Crippen LogP contribution in [0.1, 0.15) is 37.1 Å². The van der Waals surface area contributed by atoms with E-state index >= 15 is 0 Å². The maximum Gasteiger partial charge on any atom is 0.314 e. The van der Waals surface area contributed by atoms with Gasteiger partial charge in [-0.25, -0.2) is 8.51 Å². The van der Waals surface area contributed by atoms with Gasteiger partial charge in [0.05, 0.1) is 12.2 Å². The molecule has 0 spiro atoms. The number of halogens is 2. The first-order valence-corrected chi connectivity index (χ1v) is 12.6. The normalized spacial score (nSPS) is 18.7. The van der Waals surface area contributed by atoms with E-state index in [1.54, 1.807) is 12.1 Å². The molecule has 3 aromatic rings. The molecule has 1 atom stereocenters. The third-order valence-electron chi connectivity index (χ3n) is 6.47. The van der Waals surface area contributed by atoms with E-state index in [1.165, 1.54) is 19.3 Å². The van der Waals surface area contributed by atoms with E-state index in [0.29, 0.717) is 18.2 Å². The lowest BCUT2D eigenvalue weighted by molar-refractivity contribution is 0.0904. The van der Waals surface area contributed by atoms with E-state index in [-0.39, 0.29) is 5.89 Å². The van der Waals surface area contributed by atoms with Crippen LogP contribution in [0.25, 0.3) is 11.5 Å². The Morgan fingerprint density at radius 1 is 1.00 bits per heavy atom. The van der Waals surface area contributed by atoms with E-state index < -0.39 is 23.5 Å². The maximum atomic E-state index is 13.7. The Balaban J connectivity index is 1.30. The molecular formula is C24H27F2N5O2S. The molecule has 7 nitrogen and oxygen atoms in total. The van der Waals surface area contributed by atoms with E-state index in [2.05, 4.69) is 15.1 Å². The van der Waals surface area contributed by atoms with Gasteiger partial charge in [0.2, 0.25) is 5.89 Å². The Labute approximate surface area is 200 Å². The van der Waals surface area contributed by atoms with Gasteiger partial charge >= 0.3 is 6.43 Å². The van der Waals surface area contributed by atoms with Gasteiger partial charge in [-0.3, -0.25) is 9.21 Å². The summed E-state index contributed by atoms with van der Waals surface area (Å²) < 4.78 is 48.1. The van der Waals surface area contributed by atoms with Crippen LogP contribution >= 0.6 is 0 Å². The number of rotatable bonds is 8. The van der Waals surface area contributed by atoms with Gasteiger partial charge in [0.15, 0.2) is 11.2 Å². The minimum absolute atomic E-state index is 0.0506. The second kappa shape index (κ2) is 10.3. The molecule has 1 aromatic heterocycles. The van der Waals surface area contributed by atoms with Gasteiger partial charge < -0.3 is 4.42 Å². The van der Waals surface area contributed by atoms with Gasteiger partial charge in [-0.15, -0.1) is 10.2 Å². The van der Waals surface area contributed by atoms with Gasteiger partial charge in [0, 0.05) is 37.8 Å². The number of hydrogen-bond donors (Lipinski definition) is 0. The van der Waals surface area contributed by atoms with E-state index in [1.807, 2.05) is 51.1 Å². The van der Waals surface area contributed by atoms with Crippen molar-refractivity contribution in [3.8, 4) is 11.5 Å². The highest BCUT2D eigenvalue weighted by Gasteiger charge is 2.31. The minimum atomic E-state index is -2.80. The molecular weight excluding hydrogens is 460 g/mol. The van der Waals surface area contributed by atoms with Crippen LogP contribution in [0.2, 0.25) is 0 Å². The molecule has 0 N–H and O–H groups in total. The molecule has 2 aromatic carbocycles. The summed E-state index contributed by atoms with van der Waals surface area (Å²) in [4.78, 5) is 2.53. The maximum absolute atomic E-state index is 13.7. The number of para-hydroxylation sites is 1. The van der Waals surface area contributed by atoms with Crippen molar-refractivity contribution in [2.24, 2.45) is 0 Å². The van der Waals surface area contributed by atoms with Crippen molar-refractivity contribution in [2.75, 3.05) is 30.5 Å². The standard InChI is InChI=1S/C24H27F2N5O2S/c25-22(26)24-28-27-23(33-24)19-11-9-18(10-12-19)17-31(21-5-2-1-3-6-21)34(32)30-15-13-29(14-16-30)20-7-4-8-20/h1-3,5-6,9-12,20,22H,4,7-8,13-17H2. The third-order valence-corrected chi connectivity index (χ3v) is 8.00. The molecule has 180 valence electrons. The molecule has 0 radical (unpaired) electrons. The first-order chi connectivity index (χ1) is 16.6. The van der Waals surface area contributed by atoms with Gasteiger partial charge in [0.1, 0.15) is 0 Å². The fourth-order valence-electron chi connectivity index (χ4n) is 4.31. The fraction of sp³-hybridized carbons (Fsp3) is 0.417. The van der Waals surface area contributed by atoms with Gasteiger partial charge in [-0.05, 0) is 42.7 Å². The summed E-state index contributed by atoms with van der Waals surface area (Å²) in [7, 11) is 0. The zero-order chi connectivity index (χ0) is 23.5. The lowest BCUT2D eigenvalue weighted by Gasteiger charge is -2.43. The van der Waals surface area contributed by atoms with Crippen LogP contribution < -0.4 is 4.31 Å². The molecule has 1 aliphatic carbocycles. The van der Waals surface area contributed by atoms with Crippen LogP contribution in [0.3, 0.4) is 0 Å². The predicted octanol–water partition coefficient (Wildman–Crippen LogP) is 4.43. The Bertz CT molecular complexity index is 1100. The lowest BCUT2D eigenvalue weighted by atomic mass is 9.91. The minimum Gasteiger partial charge on any atom is -0.415 e. The average molecular weight is 488 g/mol. The molecule has 5 rings (SSSR count). The number of hydrogen-bond acceptors (Lipinski definition) is 5. The molecule has 1 aliphatic heterocycles. The number of nitrogens with zero attached hydrogens (tertiary/aromatic N) is 5. The molecule has 2 aliphatic rings. The summed E-state index contributed by atoms with van der Waals surface area (Å²) in [6, 6.07) is 17.7. The summed E-state index contributed by atoms with van der Waals surface area (Å²) in [5, 5.41) is 7.08. The van der Waals surface area contributed by atoms with Crippen LogP contribution in [0.4, 0.5) is 14.5 Å². The highest BCUT2D eigenvalue weighted by molar-refractivity contribution is 7.84. The van der Waals surface area contributed by atoms with Crippen LogP contribution in [0.5, 0.6) is 0 Å². The third kappa shape index (κ3) is 5.03. The number of anilines is 1. The van der Waals surface area contributed by atoms with E-state index in [4.69, 9.17) is 4.42 Å². The zero-order valence-electron chi connectivity index (χ0n) is 18.7. The van der Waals surface area contributed by atoms with Crippen molar-refractivity contribution in [1.29, 1.82) is 0 Å². The van der Waals surface area contributed by atoms with Gasteiger partial charge in [0.25, 0.3) is 5.89 Å². The largest absolute Gasteiger partial charge is 0.415 e.